The van der Waals surface area contributed by atoms with Crippen molar-refractivity contribution in [2.75, 3.05) is 13.1 Å². The van der Waals surface area contributed by atoms with Crippen LogP contribution in [0.25, 0.3) is 0 Å². The van der Waals surface area contributed by atoms with E-state index in [9.17, 15) is 4.79 Å². The van der Waals surface area contributed by atoms with Gasteiger partial charge >= 0.3 is 0 Å². The second kappa shape index (κ2) is 5.75. The van der Waals surface area contributed by atoms with Crippen LogP contribution in [0.15, 0.2) is 0 Å². The summed E-state index contributed by atoms with van der Waals surface area (Å²) in [4.78, 5) is 13.7. The van der Waals surface area contributed by atoms with E-state index in [0.717, 1.165) is 6.54 Å². The van der Waals surface area contributed by atoms with Gasteiger partial charge in [0.1, 0.15) is 0 Å². The average molecular weight is 208 g/mol. The standard InChI is InChI=1S/C12H20N2O/c1-3-14(9-10(2)8-13)12(15)7-11-5-4-6-11/h10-11H,3-7,9H2,1-2H3. The molecule has 1 aliphatic carbocycles. The first-order valence-corrected chi connectivity index (χ1v) is 5.84. The van der Waals surface area contributed by atoms with Crippen LogP contribution in [0.2, 0.25) is 0 Å². The van der Waals surface area contributed by atoms with Crippen LogP contribution in [0.1, 0.15) is 39.5 Å². The van der Waals surface area contributed by atoms with E-state index < -0.39 is 0 Å². The normalized spacial score (nSPS) is 17.7. The number of hydrogen-bond donors (Lipinski definition) is 0. The second-order valence-electron chi connectivity index (χ2n) is 4.46. The van der Waals surface area contributed by atoms with Crippen molar-refractivity contribution >= 4 is 5.91 Å². The third-order valence-electron chi connectivity index (χ3n) is 3.14. The van der Waals surface area contributed by atoms with Crippen molar-refractivity contribution in [3.8, 4) is 6.07 Å². The molecule has 84 valence electrons. The Morgan fingerprint density at radius 1 is 1.60 bits per heavy atom. The van der Waals surface area contributed by atoms with Gasteiger partial charge < -0.3 is 4.90 Å². The van der Waals surface area contributed by atoms with Gasteiger partial charge in [-0.2, -0.15) is 5.26 Å². The fourth-order valence-electron chi connectivity index (χ4n) is 1.85. The first kappa shape index (κ1) is 12.0. The summed E-state index contributed by atoms with van der Waals surface area (Å²) in [6.45, 7) is 5.14. The van der Waals surface area contributed by atoms with Gasteiger partial charge in [-0.25, -0.2) is 0 Å². The molecule has 0 aromatic heterocycles. The first-order valence-electron chi connectivity index (χ1n) is 5.84. The lowest BCUT2D eigenvalue weighted by atomic mass is 9.82. The Kier molecular flexibility index (Phi) is 4.61. The van der Waals surface area contributed by atoms with Crippen molar-refractivity contribution in [3.05, 3.63) is 0 Å². The molecule has 3 heteroatoms. The van der Waals surface area contributed by atoms with Crippen LogP contribution in [0, 0.1) is 23.2 Å². The van der Waals surface area contributed by atoms with Gasteiger partial charge in [-0.1, -0.05) is 6.42 Å². The molecule has 1 aliphatic rings. The molecule has 0 bridgehead atoms. The van der Waals surface area contributed by atoms with E-state index in [1.165, 1.54) is 19.3 Å². The van der Waals surface area contributed by atoms with Crippen molar-refractivity contribution < 1.29 is 4.79 Å². The fraction of sp³-hybridized carbons (Fsp3) is 0.833. The minimum Gasteiger partial charge on any atom is -0.342 e. The summed E-state index contributed by atoms with van der Waals surface area (Å²) in [6.07, 6.45) is 4.37. The number of carbonyl (C=O) groups excluding carboxylic acids is 1. The molecular weight excluding hydrogens is 188 g/mol. The van der Waals surface area contributed by atoms with Crippen molar-refractivity contribution in [2.24, 2.45) is 11.8 Å². The van der Waals surface area contributed by atoms with Crippen LogP contribution in [0.3, 0.4) is 0 Å². The number of rotatable bonds is 5. The van der Waals surface area contributed by atoms with Crippen LogP contribution in [-0.4, -0.2) is 23.9 Å². The molecular formula is C12H20N2O. The predicted molar refractivity (Wildman–Crippen MR) is 59.0 cm³/mol. The van der Waals surface area contributed by atoms with Gasteiger partial charge in [0, 0.05) is 19.5 Å². The van der Waals surface area contributed by atoms with Gasteiger partial charge in [-0.15, -0.1) is 0 Å². The molecule has 0 radical (unpaired) electrons. The zero-order valence-electron chi connectivity index (χ0n) is 9.70. The number of hydrogen-bond acceptors (Lipinski definition) is 2. The van der Waals surface area contributed by atoms with Crippen LogP contribution in [0.5, 0.6) is 0 Å². The molecule has 0 spiro atoms. The Bertz CT molecular complexity index is 253. The maximum atomic E-state index is 11.8. The van der Waals surface area contributed by atoms with Crippen LogP contribution in [0.4, 0.5) is 0 Å². The Labute approximate surface area is 92.1 Å². The minimum atomic E-state index is -0.0599. The zero-order valence-corrected chi connectivity index (χ0v) is 9.70. The van der Waals surface area contributed by atoms with Crippen molar-refractivity contribution in [2.45, 2.75) is 39.5 Å². The Morgan fingerprint density at radius 2 is 2.27 bits per heavy atom. The SMILES string of the molecule is CCN(CC(C)C#N)C(=O)CC1CCC1. The molecule has 1 saturated carbocycles. The molecule has 0 aromatic carbocycles. The van der Waals surface area contributed by atoms with E-state index >= 15 is 0 Å². The highest BCUT2D eigenvalue weighted by molar-refractivity contribution is 5.76. The van der Waals surface area contributed by atoms with Gasteiger partial charge in [-0.05, 0) is 32.6 Å². The van der Waals surface area contributed by atoms with Crippen molar-refractivity contribution in [1.82, 2.24) is 4.90 Å². The van der Waals surface area contributed by atoms with E-state index in [-0.39, 0.29) is 11.8 Å². The highest BCUT2D eigenvalue weighted by Crippen LogP contribution is 2.29. The molecule has 3 nitrogen and oxygen atoms in total. The van der Waals surface area contributed by atoms with Gasteiger partial charge in [0.25, 0.3) is 0 Å². The van der Waals surface area contributed by atoms with E-state index in [0.29, 0.717) is 18.9 Å². The maximum absolute atomic E-state index is 11.8. The highest BCUT2D eigenvalue weighted by Gasteiger charge is 2.23. The molecule has 0 aromatic rings. The van der Waals surface area contributed by atoms with E-state index in [2.05, 4.69) is 6.07 Å². The average Bonchev–Trinajstić information content (AvgIpc) is 2.19. The zero-order chi connectivity index (χ0) is 11.3. The molecule has 0 saturated heterocycles. The summed E-state index contributed by atoms with van der Waals surface area (Å²) in [7, 11) is 0. The number of amides is 1. The largest absolute Gasteiger partial charge is 0.342 e. The van der Waals surface area contributed by atoms with Crippen LogP contribution >= 0.6 is 0 Å². The molecule has 1 amide bonds. The van der Waals surface area contributed by atoms with E-state index in [4.69, 9.17) is 5.26 Å². The number of nitriles is 1. The van der Waals surface area contributed by atoms with Crippen molar-refractivity contribution in [1.29, 1.82) is 5.26 Å². The molecule has 1 rings (SSSR count). The van der Waals surface area contributed by atoms with Crippen LogP contribution in [-0.2, 0) is 4.79 Å². The lowest BCUT2D eigenvalue weighted by molar-refractivity contribution is -0.133. The van der Waals surface area contributed by atoms with Gasteiger partial charge in [0.2, 0.25) is 5.91 Å². The molecule has 0 heterocycles. The highest BCUT2D eigenvalue weighted by atomic mass is 16.2. The van der Waals surface area contributed by atoms with E-state index in [1.54, 1.807) is 0 Å². The molecule has 1 unspecified atom stereocenters. The van der Waals surface area contributed by atoms with Gasteiger partial charge in [-0.3, -0.25) is 4.79 Å². The third-order valence-corrected chi connectivity index (χ3v) is 3.14. The molecule has 1 atom stereocenters. The smallest absolute Gasteiger partial charge is 0.222 e. The van der Waals surface area contributed by atoms with E-state index in [1.807, 2.05) is 18.7 Å². The Hall–Kier alpha value is -1.04. The molecule has 0 aliphatic heterocycles. The Morgan fingerprint density at radius 3 is 2.67 bits per heavy atom. The van der Waals surface area contributed by atoms with Crippen LogP contribution < -0.4 is 0 Å². The third kappa shape index (κ3) is 3.54. The second-order valence-corrected chi connectivity index (χ2v) is 4.46. The number of nitrogens with zero attached hydrogens (tertiary/aromatic N) is 2. The lowest BCUT2D eigenvalue weighted by Gasteiger charge is -2.28. The van der Waals surface area contributed by atoms with Crippen molar-refractivity contribution in [3.63, 3.8) is 0 Å². The summed E-state index contributed by atoms with van der Waals surface area (Å²) in [5.74, 6) is 0.781. The summed E-state index contributed by atoms with van der Waals surface area (Å²) in [6, 6.07) is 2.17. The quantitative estimate of drug-likeness (QED) is 0.695. The monoisotopic (exact) mass is 208 g/mol. The molecule has 1 fully saturated rings. The topological polar surface area (TPSA) is 44.1 Å². The molecule has 0 N–H and O–H groups in total. The maximum Gasteiger partial charge on any atom is 0.222 e. The first-order chi connectivity index (χ1) is 7.17. The summed E-state index contributed by atoms with van der Waals surface area (Å²) >= 11 is 0. The van der Waals surface area contributed by atoms with Gasteiger partial charge in [0.05, 0.1) is 12.0 Å². The van der Waals surface area contributed by atoms with Gasteiger partial charge in [0.15, 0.2) is 0 Å². The fourth-order valence-corrected chi connectivity index (χ4v) is 1.85. The molecule has 15 heavy (non-hydrogen) atoms. The summed E-state index contributed by atoms with van der Waals surface area (Å²) in [5, 5.41) is 8.71. The predicted octanol–water partition coefficient (Wildman–Crippen LogP) is 2.18. The summed E-state index contributed by atoms with van der Waals surface area (Å²) < 4.78 is 0. The summed E-state index contributed by atoms with van der Waals surface area (Å²) in [5.41, 5.74) is 0. The Balaban J connectivity index is 2.35. The number of carbonyl (C=O) groups is 1. The lowest BCUT2D eigenvalue weighted by Crippen LogP contribution is -2.36. The minimum absolute atomic E-state index is 0.0599.